The van der Waals surface area contributed by atoms with E-state index in [4.69, 9.17) is 0 Å². The number of nitrogens with one attached hydrogen (secondary N) is 1. The van der Waals surface area contributed by atoms with Gasteiger partial charge in [0.25, 0.3) is 0 Å². The van der Waals surface area contributed by atoms with Crippen LogP contribution in [0.2, 0.25) is 0 Å². The Morgan fingerprint density at radius 1 is 1.58 bits per heavy atom. The monoisotopic (exact) mass is 280 g/mol. The Morgan fingerprint density at radius 2 is 2.42 bits per heavy atom. The molecule has 0 fully saturated rings. The van der Waals surface area contributed by atoms with Gasteiger partial charge in [-0.2, -0.15) is 0 Å². The molecular weight excluding hydrogens is 265 g/mol. The molecule has 70 valence electrons. The third-order valence-corrected chi connectivity index (χ3v) is 3.28. The molecule has 3 nitrogen and oxygen atoms in total. The second-order valence-electron chi connectivity index (χ2n) is 2.34. The predicted octanol–water partition coefficient (Wildman–Crippen LogP) is -1.98. The maximum absolute atomic E-state index is 4.28. The number of aryl methyl sites for hydroxylation is 1. The summed E-state index contributed by atoms with van der Waals surface area (Å²) in [6.07, 6.45) is 3.89. The second kappa shape index (κ2) is 5.53. The average Bonchev–Trinajstić information content (AvgIpc) is 2.52. The van der Waals surface area contributed by atoms with E-state index in [9.17, 15) is 0 Å². The SMILES string of the molecule is CC[I-]NCc1nccn1CC. The summed E-state index contributed by atoms with van der Waals surface area (Å²) in [6, 6.07) is 0. The zero-order valence-electron chi connectivity index (χ0n) is 7.55. The third kappa shape index (κ3) is 2.75. The molecule has 0 spiro atoms. The molecule has 12 heavy (non-hydrogen) atoms. The molecule has 1 rings (SSSR count). The molecule has 4 heteroatoms. The van der Waals surface area contributed by atoms with Crippen molar-refractivity contribution < 1.29 is 21.5 Å². The average molecular weight is 280 g/mol. The van der Waals surface area contributed by atoms with Crippen LogP contribution < -0.4 is 25.0 Å². The van der Waals surface area contributed by atoms with E-state index in [2.05, 4.69) is 26.9 Å². The normalized spacial score (nSPS) is 10.8. The molecule has 0 aliphatic rings. The summed E-state index contributed by atoms with van der Waals surface area (Å²) in [4.78, 5) is 4.28. The topological polar surface area (TPSA) is 29.9 Å². The Kier molecular flexibility index (Phi) is 4.60. The second-order valence-corrected chi connectivity index (χ2v) is 5.39. The van der Waals surface area contributed by atoms with Crippen molar-refractivity contribution in [2.45, 2.75) is 26.9 Å². The summed E-state index contributed by atoms with van der Waals surface area (Å²) in [6.45, 7) is 6.30. The number of nitrogens with zero attached hydrogens (tertiary/aromatic N) is 2. The molecule has 0 bridgehead atoms. The van der Waals surface area contributed by atoms with Crippen LogP contribution in [-0.2, 0) is 13.1 Å². The van der Waals surface area contributed by atoms with Crippen LogP contribution in [-0.4, -0.2) is 14.0 Å². The first-order valence-corrected chi connectivity index (χ1v) is 6.80. The van der Waals surface area contributed by atoms with Crippen LogP contribution in [0.4, 0.5) is 0 Å². The molecule has 0 radical (unpaired) electrons. The molecule has 0 unspecified atom stereocenters. The fraction of sp³-hybridized carbons (Fsp3) is 0.625. The van der Waals surface area contributed by atoms with E-state index in [-0.39, 0.29) is 21.5 Å². The van der Waals surface area contributed by atoms with Gasteiger partial charge in [0.1, 0.15) is 0 Å². The molecule has 1 aromatic heterocycles. The van der Waals surface area contributed by atoms with Crippen LogP contribution in [0.1, 0.15) is 19.7 Å². The zero-order chi connectivity index (χ0) is 8.81. The van der Waals surface area contributed by atoms with E-state index in [0.717, 1.165) is 18.9 Å². The van der Waals surface area contributed by atoms with Crippen LogP contribution >= 0.6 is 0 Å². The molecule has 1 heterocycles. The van der Waals surface area contributed by atoms with Gasteiger partial charge in [0.2, 0.25) is 0 Å². The Hall–Kier alpha value is -0.100. The van der Waals surface area contributed by atoms with Crippen molar-refractivity contribution in [3.05, 3.63) is 18.2 Å². The van der Waals surface area contributed by atoms with Crippen LogP contribution in [0.5, 0.6) is 0 Å². The van der Waals surface area contributed by atoms with Gasteiger partial charge in [0, 0.05) is 0 Å². The van der Waals surface area contributed by atoms with Crippen molar-refractivity contribution in [2.75, 3.05) is 4.43 Å². The summed E-state index contributed by atoms with van der Waals surface area (Å²) in [5, 5.41) is 0. The van der Waals surface area contributed by atoms with Crippen molar-refractivity contribution in [2.24, 2.45) is 0 Å². The molecule has 0 aliphatic carbocycles. The molecule has 0 saturated carbocycles. The molecule has 0 amide bonds. The number of imidazole rings is 1. The van der Waals surface area contributed by atoms with Gasteiger partial charge >= 0.3 is 84.1 Å². The molecule has 0 atom stereocenters. The van der Waals surface area contributed by atoms with E-state index in [1.807, 2.05) is 12.4 Å². The van der Waals surface area contributed by atoms with E-state index in [0.29, 0.717) is 0 Å². The van der Waals surface area contributed by atoms with Crippen LogP contribution in [0, 0.1) is 0 Å². The molecule has 1 N–H and O–H groups in total. The molecule has 0 saturated heterocycles. The summed E-state index contributed by atoms with van der Waals surface area (Å²) in [5.41, 5.74) is 0. The van der Waals surface area contributed by atoms with E-state index < -0.39 is 0 Å². The van der Waals surface area contributed by atoms with Crippen LogP contribution in [0.25, 0.3) is 0 Å². The van der Waals surface area contributed by atoms with Gasteiger partial charge in [0.05, 0.1) is 0 Å². The van der Waals surface area contributed by atoms with Crippen LogP contribution in [0.15, 0.2) is 12.4 Å². The molecular formula is C8H15IN3-. The minimum absolute atomic E-state index is 0.200. The minimum atomic E-state index is 0.200. The van der Waals surface area contributed by atoms with Gasteiger partial charge in [-0.15, -0.1) is 0 Å². The first kappa shape index (κ1) is 9.98. The van der Waals surface area contributed by atoms with Gasteiger partial charge in [-0.05, 0) is 0 Å². The van der Waals surface area contributed by atoms with Gasteiger partial charge < -0.3 is 0 Å². The fourth-order valence-corrected chi connectivity index (χ4v) is 2.15. The first-order chi connectivity index (χ1) is 5.88. The Labute approximate surface area is 84.2 Å². The van der Waals surface area contributed by atoms with Crippen molar-refractivity contribution in [3.63, 3.8) is 0 Å². The number of rotatable bonds is 5. The Balaban J connectivity index is 2.39. The number of aromatic nitrogens is 2. The molecule has 1 aromatic rings. The van der Waals surface area contributed by atoms with E-state index >= 15 is 0 Å². The summed E-state index contributed by atoms with van der Waals surface area (Å²) in [7, 11) is 0. The molecule has 0 aromatic carbocycles. The van der Waals surface area contributed by atoms with E-state index in [1.165, 1.54) is 4.43 Å². The number of hydrogen-bond donors (Lipinski definition) is 1. The van der Waals surface area contributed by atoms with Gasteiger partial charge in [-0.1, -0.05) is 0 Å². The molecule has 0 aliphatic heterocycles. The zero-order valence-corrected chi connectivity index (χ0v) is 9.71. The summed E-state index contributed by atoms with van der Waals surface area (Å²) in [5.74, 6) is 1.16. The van der Waals surface area contributed by atoms with Crippen molar-refractivity contribution in [1.82, 2.24) is 13.1 Å². The third-order valence-electron chi connectivity index (χ3n) is 1.60. The van der Waals surface area contributed by atoms with Crippen molar-refractivity contribution >= 4 is 0 Å². The van der Waals surface area contributed by atoms with Crippen molar-refractivity contribution in [1.29, 1.82) is 0 Å². The Bertz CT molecular complexity index is 222. The summed E-state index contributed by atoms with van der Waals surface area (Å²) < 4.78 is 6.90. The maximum atomic E-state index is 4.28. The number of halogens is 1. The predicted molar refractivity (Wildman–Crippen MR) is 45.3 cm³/mol. The van der Waals surface area contributed by atoms with Gasteiger partial charge in [0.15, 0.2) is 0 Å². The number of alkyl halides is 1. The van der Waals surface area contributed by atoms with Gasteiger partial charge in [-0.25, -0.2) is 0 Å². The van der Waals surface area contributed by atoms with Crippen molar-refractivity contribution in [3.8, 4) is 0 Å². The Morgan fingerprint density at radius 3 is 3.08 bits per heavy atom. The summed E-state index contributed by atoms with van der Waals surface area (Å²) >= 11 is 0.200. The van der Waals surface area contributed by atoms with E-state index in [1.54, 1.807) is 0 Å². The number of hydrogen-bond acceptors (Lipinski definition) is 2. The van der Waals surface area contributed by atoms with Crippen LogP contribution in [0.3, 0.4) is 0 Å². The van der Waals surface area contributed by atoms with Gasteiger partial charge in [-0.3, -0.25) is 0 Å². The quantitative estimate of drug-likeness (QED) is 0.293. The first-order valence-electron chi connectivity index (χ1n) is 4.19. The fourth-order valence-electron chi connectivity index (χ4n) is 0.997. The standard InChI is InChI=1S/C8H15IN3/c1-3-9-11-7-8-10-5-6-12(8)4-2/h5-6,11H,3-4,7H2,1-2H3/q-1.